The van der Waals surface area contributed by atoms with Gasteiger partial charge in [-0.2, -0.15) is 12.7 Å². The van der Waals surface area contributed by atoms with E-state index in [0.29, 0.717) is 5.82 Å². The normalized spacial score (nSPS) is 6.10. The Labute approximate surface area is 136 Å². The summed E-state index contributed by atoms with van der Waals surface area (Å²) in [4.78, 5) is 10.6. The van der Waals surface area contributed by atoms with Gasteiger partial charge in [0.15, 0.2) is 0 Å². The van der Waals surface area contributed by atoms with Gasteiger partial charge in [0, 0.05) is 98.1 Å². The fourth-order valence-electron chi connectivity index (χ4n) is 0.242. The molecule has 3 nitrogen and oxygen atoms in total. The van der Waals surface area contributed by atoms with Crippen molar-refractivity contribution in [1.29, 1.82) is 0 Å². The molecule has 0 saturated heterocycles. The quantitative estimate of drug-likeness (QED) is 0.601. The first-order valence-corrected chi connectivity index (χ1v) is 1.84. The van der Waals surface area contributed by atoms with Crippen LogP contribution in [0.15, 0.2) is 0 Å². The molecule has 0 amide bonds. The average molecular weight is 360 g/mol. The molecule has 0 aliphatic heterocycles. The molecular weight excluding hydrogens is 357 g/mol. The summed E-state index contributed by atoms with van der Waals surface area (Å²) >= 11 is 0. The second-order valence-electron chi connectivity index (χ2n) is 1.08. The first-order valence-electron chi connectivity index (χ1n) is 1.84. The van der Waals surface area contributed by atoms with Crippen molar-refractivity contribution < 1.29 is 98.1 Å². The molecule has 1 heterocycles. The summed E-state index contributed by atoms with van der Waals surface area (Å²) in [5.74, 6) is 0.648. The van der Waals surface area contributed by atoms with Crippen molar-refractivity contribution in [1.82, 2.24) is 15.0 Å². The maximum atomic E-state index is 3.60. The van der Waals surface area contributed by atoms with Gasteiger partial charge in [-0.1, -0.05) is 6.92 Å². The number of rotatable bonds is 0. The third-order valence-corrected chi connectivity index (χ3v) is 0.524. The second kappa shape index (κ2) is 11.3. The first kappa shape index (κ1) is 18.2. The van der Waals surface area contributed by atoms with Crippen molar-refractivity contribution >= 4 is 0 Å². The molecule has 0 saturated carbocycles. The Bertz CT molecular complexity index is 146. The Hall–Kier alpha value is 2.32. The molecule has 0 N–H and O–H groups in total. The van der Waals surface area contributed by atoms with Crippen molar-refractivity contribution in [2.24, 2.45) is 0 Å². The Morgan fingerprint density at radius 3 is 1.60 bits per heavy atom. The number of aromatic nitrogens is 3. The molecule has 0 bridgehead atoms. The standard InChI is InChI=1S/C4H3N3.3Y/c1-4-6-2-5-3-7-4;;;/h1H3;;;/q-2;;;. The van der Waals surface area contributed by atoms with Crippen LogP contribution in [0.4, 0.5) is 0 Å². The third kappa shape index (κ3) is 8.42. The zero-order valence-electron chi connectivity index (χ0n) is 5.57. The molecule has 3 radical (unpaired) electrons. The van der Waals surface area contributed by atoms with Gasteiger partial charge in [-0.25, -0.2) is 0 Å². The van der Waals surface area contributed by atoms with E-state index in [1.807, 2.05) is 0 Å². The fraction of sp³-hybridized carbons (Fsp3) is 0.250. The fourth-order valence-corrected chi connectivity index (χ4v) is 0.242. The average Bonchev–Trinajstić information content (AvgIpc) is 1.69. The maximum absolute atomic E-state index is 3.60. The van der Waals surface area contributed by atoms with Crippen LogP contribution in [-0.4, -0.2) is 15.0 Å². The first-order chi connectivity index (χ1) is 3.39. The van der Waals surface area contributed by atoms with Gasteiger partial charge < -0.3 is 15.0 Å². The molecule has 0 aromatic carbocycles. The summed E-state index contributed by atoms with van der Waals surface area (Å²) in [6, 6.07) is 0. The van der Waals surface area contributed by atoms with Crippen LogP contribution in [0.2, 0.25) is 0 Å². The number of aryl methyl sites for hydroxylation is 1. The van der Waals surface area contributed by atoms with Gasteiger partial charge in [0.1, 0.15) is 0 Å². The van der Waals surface area contributed by atoms with Gasteiger partial charge in [0.05, 0.1) is 0 Å². The van der Waals surface area contributed by atoms with Gasteiger partial charge in [0.25, 0.3) is 0 Å². The molecule has 1 aromatic rings. The smallest absolute Gasteiger partial charge is 0 e. The van der Waals surface area contributed by atoms with E-state index in [-0.39, 0.29) is 98.1 Å². The molecule has 10 heavy (non-hydrogen) atoms. The summed E-state index contributed by atoms with van der Waals surface area (Å²) in [5.41, 5.74) is 0. The Morgan fingerprint density at radius 1 is 1.00 bits per heavy atom. The molecule has 0 spiro atoms. The summed E-state index contributed by atoms with van der Waals surface area (Å²) in [7, 11) is 0. The summed E-state index contributed by atoms with van der Waals surface area (Å²) in [5, 5.41) is 0. The molecule has 0 aliphatic carbocycles. The molecular formula is C4H3N3Y3-2. The van der Waals surface area contributed by atoms with Crippen molar-refractivity contribution in [2.45, 2.75) is 6.92 Å². The van der Waals surface area contributed by atoms with E-state index in [1.165, 1.54) is 0 Å². The van der Waals surface area contributed by atoms with Gasteiger partial charge in [-0.05, 0) is 0 Å². The van der Waals surface area contributed by atoms with E-state index in [9.17, 15) is 0 Å². The molecule has 0 fully saturated rings. The van der Waals surface area contributed by atoms with Crippen molar-refractivity contribution in [3.05, 3.63) is 18.5 Å². The summed E-state index contributed by atoms with van der Waals surface area (Å²) in [6.07, 6.45) is 4.69. The van der Waals surface area contributed by atoms with Crippen LogP contribution < -0.4 is 0 Å². The van der Waals surface area contributed by atoms with Crippen molar-refractivity contribution in [3.8, 4) is 0 Å². The van der Waals surface area contributed by atoms with Gasteiger partial charge in [-0.3, -0.25) is 0 Å². The zero-order chi connectivity index (χ0) is 5.11. The van der Waals surface area contributed by atoms with Crippen LogP contribution in [0.1, 0.15) is 5.82 Å². The number of hydrogen-bond acceptors (Lipinski definition) is 3. The van der Waals surface area contributed by atoms with Crippen LogP contribution in [0.3, 0.4) is 0 Å². The number of hydrogen-bond donors (Lipinski definition) is 0. The van der Waals surface area contributed by atoms with Crippen molar-refractivity contribution in [3.63, 3.8) is 0 Å². The van der Waals surface area contributed by atoms with Gasteiger partial charge in [0.2, 0.25) is 0 Å². The predicted octanol–water partition coefficient (Wildman–Crippen LogP) is -0.227. The van der Waals surface area contributed by atoms with Crippen LogP contribution >= 0.6 is 0 Å². The monoisotopic (exact) mass is 360 g/mol. The minimum absolute atomic E-state index is 0. The minimum atomic E-state index is 0. The topological polar surface area (TPSA) is 38.7 Å². The Kier molecular flexibility index (Phi) is 20.6. The van der Waals surface area contributed by atoms with Crippen molar-refractivity contribution in [2.75, 3.05) is 0 Å². The van der Waals surface area contributed by atoms with E-state index < -0.39 is 0 Å². The molecule has 1 rings (SSSR count). The molecule has 0 unspecified atom stereocenters. The largest absolute Gasteiger partial charge is 0.505 e. The van der Waals surface area contributed by atoms with Crippen LogP contribution in [0.25, 0.3) is 0 Å². The second-order valence-corrected chi connectivity index (χ2v) is 1.08. The Morgan fingerprint density at radius 2 is 1.40 bits per heavy atom. The van der Waals surface area contributed by atoms with Crippen LogP contribution in [0, 0.1) is 19.6 Å². The van der Waals surface area contributed by atoms with E-state index in [4.69, 9.17) is 0 Å². The molecule has 45 valence electrons. The summed E-state index contributed by atoms with van der Waals surface area (Å²) in [6.45, 7) is 1.76. The van der Waals surface area contributed by atoms with Crippen LogP contribution in [-0.2, 0) is 98.1 Å². The van der Waals surface area contributed by atoms with E-state index >= 15 is 0 Å². The predicted molar refractivity (Wildman–Crippen MR) is 22.2 cm³/mol. The maximum Gasteiger partial charge on any atom is 0 e. The van der Waals surface area contributed by atoms with Gasteiger partial charge >= 0.3 is 0 Å². The van der Waals surface area contributed by atoms with Crippen LogP contribution in [0.5, 0.6) is 0 Å². The van der Waals surface area contributed by atoms with Gasteiger partial charge in [-0.15, -0.1) is 5.82 Å². The molecule has 0 aliphatic rings. The van der Waals surface area contributed by atoms with E-state index in [2.05, 4.69) is 27.6 Å². The Balaban J connectivity index is -0.000000163. The SMILES string of the molecule is Cc1n[c-]n[c-]n1.[Y].[Y].[Y]. The zero-order valence-corrected chi connectivity index (χ0v) is 14.1. The molecule has 1 aromatic heterocycles. The minimum Gasteiger partial charge on any atom is -0.505 e. The molecule has 6 heteroatoms. The molecule has 0 atom stereocenters. The third-order valence-electron chi connectivity index (χ3n) is 0.524. The number of nitrogens with zero attached hydrogens (tertiary/aromatic N) is 3. The summed E-state index contributed by atoms with van der Waals surface area (Å²) < 4.78 is 0. The van der Waals surface area contributed by atoms with E-state index in [0.717, 1.165) is 0 Å². The van der Waals surface area contributed by atoms with E-state index in [1.54, 1.807) is 6.92 Å².